The summed E-state index contributed by atoms with van der Waals surface area (Å²) in [6.45, 7) is 0. The summed E-state index contributed by atoms with van der Waals surface area (Å²) < 4.78 is 25.9. The highest BCUT2D eigenvalue weighted by Crippen LogP contribution is 2.31. The lowest BCUT2D eigenvalue weighted by Crippen LogP contribution is -2.32. The number of hydrogen-bond acceptors (Lipinski definition) is 4. The molecule has 1 aromatic carbocycles. The molecule has 0 saturated heterocycles. The minimum absolute atomic E-state index is 0.317. The van der Waals surface area contributed by atoms with Crippen LogP contribution in [0, 0.1) is 11.6 Å². The topological polar surface area (TPSA) is 104 Å². The van der Waals surface area contributed by atoms with E-state index in [-0.39, 0.29) is 5.56 Å². The molecule has 7 heteroatoms. The van der Waals surface area contributed by atoms with Gasteiger partial charge in [-0.05, 0) is 6.07 Å². The Morgan fingerprint density at radius 1 is 1.38 bits per heavy atom. The van der Waals surface area contributed by atoms with Gasteiger partial charge < -0.3 is 21.1 Å². The average molecular weight is 233 g/mol. The maximum Gasteiger partial charge on any atom is 0.320 e. The molecule has 1 atom stereocenters. The number of carbonyl (C=O) groups is 1. The number of carboxylic acid groups (broad SMARTS) is 1. The van der Waals surface area contributed by atoms with Crippen molar-refractivity contribution >= 4 is 5.97 Å². The summed E-state index contributed by atoms with van der Waals surface area (Å²) in [5, 5.41) is 26.5. The molecule has 0 heterocycles. The van der Waals surface area contributed by atoms with E-state index < -0.39 is 41.6 Å². The van der Waals surface area contributed by atoms with Crippen LogP contribution in [-0.4, -0.2) is 27.3 Å². The second-order valence-electron chi connectivity index (χ2n) is 3.18. The summed E-state index contributed by atoms with van der Waals surface area (Å²) in [5.41, 5.74) is 4.82. The number of aromatic hydroxyl groups is 2. The zero-order chi connectivity index (χ0) is 12.5. The Kier molecular flexibility index (Phi) is 3.28. The molecule has 0 aliphatic rings. The standard InChI is InChI=1S/C9H9F2NO4/c10-4-1-3(2-5(12)9(15)16)7(13)6(11)8(4)14/h1,5,13-14H,2,12H2,(H,15,16). The van der Waals surface area contributed by atoms with Gasteiger partial charge in [-0.15, -0.1) is 0 Å². The lowest BCUT2D eigenvalue weighted by atomic mass is 10.0. The summed E-state index contributed by atoms with van der Waals surface area (Å²) in [7, 11) is 0. The van der Waals surface area contributed by atoms with E-state index in [2.05, 4.69) is 0 Å². The maximum atomic E-state index is 13.0. The predicted molar refractivity (Wildman–Crippen MR) is 49.0 cm³/mol. The predicted octanol–water partition coefficient (Wildman–Crippen LogP) is 0.330. The highest BCUT2D eigenvalue weighted by Gasteiger charge is 2.21. The van der Waals surface area contributed by atoms with Crippen molar-refractivity contribution < 1.29 is 28.9 Å². The Balaban J connectivity index is 3.11. The van der Waals surface area contributed by atoms with Crippen molar-refractivity contribution in [1.29, 1.82) is 0 Å². The third-order valence-corrected chi connectivity index (χ3v) is 2.00. The van der Waals surface area contributed by atoms with Crippen molar-refractivity contribution in [3.8, 4) is 11.5 Å². The Labute approximate surface area is 88.7 Å². The molecule has 0 saturated carbocycles. The molecule has 1 aromatic rings. The van der Waals surface area contributed by atoms with Gasteiger partial charge in [0.05, 0.1) is 0 Å². The molecule has 0 bridgehead atoms. The van der Waals surface area contributed by atoms with Crippen molar-refractivity contribution in [2.75, 3.05) is 0 Å². The number of phenols is 2. The van der Waals surface area contributed by atoms with Gasteiger partial charge in [-0.2, -0.15) is 4.39 Å². The van der Waals surface area contributed by atoms with E-state index in [4.69, 9.17) is 15.9 Å². The third kappa shape index (κ3) is 2.19. The van der Waals surface area contributed by atoms with Gasteiger partial charge in [0.2, 0.25) is 5.82 Å². The quantitative estimate of drug-likeness (QED) is 0.602. The minimum atomic E-state index is -1.53. The number of phenolic OH excluding ortho intramolecular Hbond substituents is 2. The maximum absolute atomic E-state index is 13.0. The fourth-order valence-corrected chi connectivity index (χ4v) is 1.13. The van der Waals surface area contributed by atoms with Crippen molar-refractivity contribution in [1.82, 2.24) is 0 Å². The van der Waals surface area contributed by atoms with Gasteiger partial charge in [-0.1, -0.05) is 0 Å². The molecule has 16 heavy (non-hydrogen) atoms. The first-order chi connectivity index (χ1) is 7.34. The fraction of sp³-hybridized carbons (Fsp3) is 0.222. The molecule has 0 fully saturated rings. The van der Waals surface area contributed by atoms with E-state index in [1.165, 1.54) is 0 Å². The molecule has 88 valence electrons. The van der Waals surface area contributed by atoms with Crippen LogP contribution in [0.15, 0.2) is 6.07 Å². The third-order valence-electron chi connectivity index (χ3n) is 2.00. The van der Waals surface area contributed by atoms with Gasteiger partial charge in [0.25, 0.3) is 0 Å². The molecule has 1 rings (SSSR count). The van der Waals surface area contributed by atoms with Crippen molar-refractivity contribution in [2.24, 2.45) is 5.73 Å². The van der Waals surface area contributed by atoms with Gasteiger partial charge >= 0.3 is 5.97 Å². The molecule has 5 nitrogen and oxygen atoms in total. The highest BCUT2D eigenvalue weighted by atomic mass is 19.1. The number of carboxylic acids is 1. The van der Waals surface area contributed by atoms with Crippen LogP contribution in [0.3, 0.4) is 0 Å². The molecule has 0 amide bonds. The van der Waals surface area contributed by atoms with Crippen LogP contribution >= 0.6 is 0 Å². The number of benzene rings is 1. The van der Waals surface area contributed by atoms with Crippen molar-refractivity contribution in [3.63, 3.8) is 0 Å². The lowest BCUT2D eigenvalue weighted by Gasteiger charge is -2.10. The molecule has 0 aliphatic carbocycles. The smallest absolute Gasteiger partial charge is 0.320 e. The van der Waals surface area contributed by atoms with E-state index >= 15 is 0 Å². The van der Waals surface area contributed by atoms with Crippen LogP contribution in [0.4, 0.5) is 8.78 Å². The van der Waals surface area contributed by atoms with Crippen LogP contribution in [0.25, 0.3) is 0 Å². The summed E-state index contributed by atoms with van der Waals surface area (Å²) in [5.74, 6) is -6.51. The van der Waals surface area contributed by atoms with Gasteiger partial charge in [-0.25, -0.2) is 4.39 Å². The first-order valence-corrected chi connectivity index (χ1v) is 4.21. The van der Waals surface area contributed by atoms with Crippen LogP contribution < -0.4 is 5.73 Å². The monoisotopic (exact) mass is 233 g/mol. The van der Waals surface area contributed by atoms with Crippen LogP contribution in [-0.2, 0) is 11.2 Å². The zero-order valence-corrected chi connectivity index (χ0v) is 7.94. The molecule has 0 radical (unpaired) electrons. The molecule has 1 unspecified atom stereocenters. The summed E-state index contributed by atoms with van der Waals surface area (Å²) in [6, 6.07) is -0.759. The Morgan fingerprint density at radius 2 is 1.94 bits per heavy atom. The van der Waals surface area contributed by atoms with Crippen LogP contribution in [0.2, 0.25) is 0 Å². The average Bonchev–Trinajstić information content (AvgIpc) is 2.22. The lowest BCUT2D eigenvalue weighted by molar-refractivity contribution is -0.138. The number of halogens is 2. The van der Waals surface area contributed by atoms with E-state index in [1.54, 1.807) is 0 Å². The highest BCUT2D eigenvalue weighted by molar-refractivity contribution is 5.73. The van der Waals surface area contributed by atoms with Crippen molar-refractivity contribution in [2.45, 2.75) is 12.5 Å². The largest absolute Gasteiger partial charge is 0.505 e. The normalized spacial score (nSPS) is 12.4. The summed E-state index contributed by atoms with van der Waals surface area (Å²) >= 11 is 0. The SMILES string of the molecule is NC(Cc1cc(F)c(O)c(F)c1O)C(=O)O. The molecule has 0 spiro atoms. The Hall–Kier alpha value is -1.89. The Bertz CT molecular complexity index is 436. The zero-order valence-electron chi connectivity index (χ0n) is 7.94. The summed E-state index contributed by atoms with van der Waals surface area (Å²) in [6.07, 6.45) is -0.449. The molecule has 0 aromatic heterocycles. The number of rotatable bonds is 3. The minimum Gasteiger partial charge on any atom is -0.505 e. The van der Waals surface area contributed by atoms with Crippen LogP contribution in [0.1, 0.15) is 5.56 Å². The van der Waals surface area contributed by atoms with Crippen molar-refractivity contribution in [3.05, 3.63) is 23.3 Å². The molecular formula is C9H9F2NO4. The second kappa shape index (κ2) is 4.31. The van der Waals surface area contributed by atoms with Gasteiger partial charge in [0, 0.05) is 12.0 Å². The van der Waals surface area contributed by atoms with Gasteiger partial charge in [-0.3, -0.25) is 4.79 Å². The molecule has 5 N–H and O–H groups in total. The number of hydrogen-bond donors (Lipinski definition) is 4. The first kappa shape index (κ1) is 12.2. The number of nitrogens with two attached hydrogens (primary N) is 1. The second-order valence-corrected chi connectivity index (χ2v) is 3.18. The van der Waals surface area contributed by atoms with E-state index in [9.17, 15) is 18.7 Å². The van der Waals surface area contributed by atoms with E-state index in [0.29, 0.717) is 6.07 Å². The van der Waals surface area contributed by atoms with Gasteiger partial charge in [0.15, 0.2) is 17.3 Å². The van der Waals surface area contributed by atoms with Crippen LogP contribution in [0.5, 0.6) is 11.5 Å². The summed E-state index contributed by atoms with van der Waals surface area (Å²) in [4.78, 5) is 10.4. The number of aliphatic carboxylic acids is 1. The fourth-order valence-electron chi connectivity index (χ4n) is 1.13. The first-order valence-electron chi connectivity index (χ1n) is 4.21. The Morgan fingerprint density at radius 3 is 2.44 bits per heavy atom. The molecule has 0 aliphatic heterocycles. The van der Waals surface area contributed by atoms with Gasteiger partial charge in [0.1, 0.15) is 6.04 Å². The van der Waals surface area contributed by atoms with E-state index in [1.807, 2.05) is 0 Å². The molecular weight excluding hydrogens is 224 g/mol. The van der Waals surface area contributed by atoms with E-state index in [0.717, 1.165) is 0 Å².